The van der Waals surface area contributed by atoms with Crippen molar-refractivity contribution in [3.05, 3.63) is 29.8 Å². The molecule has 0 aromatic heterocycles. The Morgan fingerprint density at radius 2 is 2.08 bits per heavy atom. The van der Waals surface area contributed by atoms with E-state index in [-0.39, 0.29) is 0 Å². The SMILES string of the molecule is CCOc1ccc([C@H](N)C#N)cc1. The van der Waals surface area contributed by atoms with Gasteiger partial charge in [-0.1, -0.05) is 12.1 Å². The highest BCUT2D eigenvalue weighted by Crippen LogP contribution is 2.15. The molecule has 0 saturated heterocycles. The van der Waals surface area contributed by atoms with Gasteiger partial charge in [-0.3, -0.25) is 0 Å². The van der Waals surface area contributed by atoms with Crippen molar-refractivity contribution in [2.24, 2.45) is 5.73 Å². The fraction of sp³-hybridized carbons (Fsp3) is 0.300. The lowest BCUT2D eigenvalue weighted by Gasteiger charge is -2.05. The fourth-order valence-corrected chi connectivity index (χ4v) is 1.01. The summed E-state index contributed by atoms with van der Waals surface area (Å²) in [5.74, 6) is 0.802. The number of nitrogens with two attached hydrogens (primary N) is 1. The predicted molar refractivity (Wildman–Crippen MR) is 50.2 cm³/mol. The topological polar surface area (TPSA) is 59.0 Å². The third-order valence-electron chi connectivity index (χ3n) is 1.69. The Bertz CT molecular complexity index is 300. The second kappa shape index (κ2) is 4.48. The molecule has 13 heavy (non-hydrogen) atoms. The Hall–Kier alpha value is -1.53. The van der Waals surface area contributed by atoms with Gasteiger partial charge in [-0.2, -0.15) is 5.26 Å². The number of nitriles is 1. The molecule has 0 aliphatic carbocycles. The maximum atomic E-state index is 8.55. The monoisotopic (exact) mass is 176 g/mol. The molecule has 1 atom stereocenters. The zero-order valence-electron chi connectivity index (χ0n) is 7.53. The van der Waals surface area contributed by atoms with Crippen LogP contribution in [0.25, 0.3) is 0 Å². The summed E-state index contributed by atoms with van der Waals surface area (Å²) in [6, 6.07) is 8.66. The van der Waals surface area contributed by atoms with Gasteiger partial charge < -0.3 is 10.5 Å². The molecule has 0 saturated carbocycles. The van der Waals surface area contributed by atoms with Crippen molar-refractivity contribution in [1.82, 2.24) is 0 Å². The third-order valence-corrected chi connectivity index (χ3v) is 1.69. The highest BCUT2D eigenvalue weighted by molar-refractivity contribution is 5.31. The average Bonchev–Trinajstić information content (AvgIpc) is 2.18. The van der Waals surface area contributed by atoms with Gasteiger partial charge in [-0.05, 0) is 24.6 Å². The van der Waals surface area contributed by atoms with Gasteiger partial charge in [-0.15, -0.1) is 0 Å². The van der Waals surface area contributed by atoms with E-state index in [0.717, 1.165) is 11.3 Å². The number of benzene rings is 1. The lowest BCUT2D eigenvalue weighted by molar-refractivity contribution is 0.340. The lowest BCUT2D eigenvalue weighted by atomic mass is 10.1. The minimum Gasteiger partial charge on any atom is -0.494 e. The van der Waals surface area contributed by atoms with E-state index in [4.69, 9.17) is 15.7 Å². The molecule has 0 fully saturated rings. The van der Waals surface area contributed by atoms with Crippen LogP contribution >= 0.6 is 0 Å². The van der Waals surface area contributed by atoms with E-state index >= 15 is 0 Å². The van der Waals surface area contributed by atoms with Crippen molar-refractivity contribution < 1.29 is 4.74 Å². The molecule has 0 aliphatic heterocycles. The molecule has 1 aromatic rings. The molecule has 3 heteroatoms. The van der Waals surface area contributed by atoms with Crippen LogP contribution in [-0.2, 0) is 0 Å². The smallest absolute Gasteiger partial charge is 0.119 e. The van der Waals surface area contributed by atoms with Crippen LogP contribution in [0.2, 0.25) is 0 Å². The van der Waals surface area contributed by atoms with E-state index in [1.807, 2.05) is 25.1 Å². The van der Waals surface area contributed by atoms with Crippen LogP contribution in [0, 0.1) is 11.3 Å². The Morgan fingerprint density at radius 1 is 1.46 bits per heavy atom. The van der Waals surface area contributed by atoms with Crippen LogP contribution < -0.4 is 10.5 Å². The molecule has 0 radical (unpaired) electrons. The summed E-state index contributed by atoms with van der Waals surface area (Å²) < 4.78 is 5.25. The first kappa shape index (κ1) is 9.56. The molecule has 1 aromatic carbocycles. The number of hydrogen-bond acceptors (Lipinski definition) is 3. The molecule has 0 bridgehead atoms. The van der Waals surface area contributed by atoms with Crippen LogP contribution in [0.1, 0.15) is 18.5 Å². The maximum Gasteiger partial charge on any atom is 0.119 e. The van der Waals surface area contributed by atoms with Gasteiger partial charge in [0.2, 0.25) is 0 Å². The van der Waals surface area contributed by atoms with Crippen molar-refractivity contribution >= 4 is 0 Å². The molecule has 2 N–H and O–H groups in total. The molecule has 1 rings (SSSR count). The average molecular weight is 176 g/mol. The molecule has 0 spiro atoms. The van der Waals surface area contributed by atoms with E-state index in [1.54, 1.807) is 12.1 Å². The van der Waals surface area contributed by atoms with E-state index in [0.29, 0.717) is 6.61 Å². The van der Waals surface area contributed by atoms with Crippen LogP contribution in [0.5, 0.6) is 5.75 Å². The number of nitrogens with zero attached hydrogens (tertiary/aromatic N) is 1. The Kier molecular flexibility index (Phi) is 3.30. The molecule has 68 valence electrons. The first-order valence-electron chi connectivity index (χ1n) is 4.16. The highest BCUT2D eigenvalue weighted by Gasteiger charge is 2.02. The number of hydrogen-bond donors (Lipinski definition) is 1. The quantitative estimate of drug-likeness (QED) is 0.761. The van der Waals surface area contributed by atoms with Gasteiger partial charge in [0.1, 0.15) is 11.8 Å². The standard InChI is InChI=1S/C10H12N2O/c1-2-13-9-5-3-8(4-6-9)10(12)7-11/h3-6,10H,2,12H2,1H3/t10-/m1/s1. The van der Waals surface area contributed by atoms with Crippen LogP contribution in [0.3, 0.4) is 0 Å². The van der Waals surface area contributed by atoms with E-state index in [9.17, 15) is 0 Å². The zero-order chi connectivity index (χ0) is 9.68. The van der Waals surface area contributed by atoms with Crippen LogP contribution in [0.4, 0.5) is 0 Å². The minimum absolute atomic E-state index is 0.546. The molecular formula is C10H12N2O. The van der Waals surface area contributed by atoms with Crippen LogP contribution in [0.15, 0.2) is 24.3 Å². The van der Waals surface area contributed by atoms with E-state index in [2.05, 4.69) is 0 Å². The first-order chi connectivity index (χ1) is 6.27. The number of ether oxygens (including phenoxy) is 1. The third kappa shape index (κ3) is 2.46. The van der Waals surface area contributed by atoms with Gasteiger partial charge in [0.05, 0.1) is 12.7 Å². The van der Waals surface area contributed by atoms with Crippen molar-refractivity contribution in [2.45, 2.75) is 13.0 Å². The van der Waals surface area contributed by atoms with E-state index < -0.39 is 6.04 Å². The van der Waals surface area contributed by atoms with E-state index in [1.165, 1.54) is 0 Å². The first-order valence-corrected chi connectivity index (χ1v) is 4.16. The summed E-state index contributed by atoms with van der Waals surface area (Å²) in [7, 11) is 0. The fourth-order valence-electron chi connectivity index (χ4n) is 1.01. The maximum absolute atomic E-state index is 8.55. The molecular weight excluding hydrogens is 164 g/mol. The van der Waals surface area contributed by atoms with Gasteiger partial charge >= 0.3 is 0 Å². The minimum atomic E-state index is -0.546. The summed E-state index contributed by atoms with van der Waals surface area (Å²) >= 11 is 0. The molecule has 0 unspecified atom stereocenters. The van der Waals surface area contributed by atoms with Gasteiger partial charge in [-0.25, -0.2) is 0 Å². The van der Waals surface area contributed by atoms with Crippen molar-refractivity contribution in [3.8, 4) is 11.8 Å². The Morgan fingerprint density at radius 3 is 2.54 bits per heavy atom. The van der Waals surface area contributed by atoms with Crippen molar-refractivity contribution in [3.63, 3.8) is 0 Å². The lowest BCUT2D eigenvalue weighted by Crippen LogP contribution is -2.06. The van der Waals surface area contributed by atoms with Gasteiger partial charge in [0.15, 0.2) is 0 Å². The van der Waals surface area contributed by atoms with Crippen molar-refractivity contribution in [2.75, 3.05) is 6.61 Å². The summed E-state index contributed by atoms with van der Waals surface area (Å²) in [6.07, 6.45) is 0. The summed E-state index contributed by atoms with van der Waals surface area (Å²) in [5, 5.41) is 8.55. The molecule has 0 heterocycles. The summed E-state index contributed by atoms with van der Waals surface area (Å²) in [6.45, 7) is 2.57. The van der Waals surface area contributed by atoms with Crippen LogP contribution in [-0.4, -0.2) is 6.61 Å². The Labute approximate surface area is 77.7 Å². The predicted octanol–water partition coefficient (Wildman–Crippen LogP) is 1.61. The molecule has 0 aliphatic rings. The second-order valence-electron chi connectivity index (χ2n) is 2.61. The molecule has 3 nitrogen and oxygen atoms in total. The normalized spacial score (nSPS) is 11.8. The second-order valence-corrected chi connectivity index (χ2v) is 2.61. The summed E-state index contributed by atoms with van der Waals surface area (Å²) in [5.41, 5.74) is 6.33. The zero-order valence-corrected chi connectivity index (χ0v) is 7.53. The number of rotatable bonds is 3. The molecule has 0 amide bonds. The highest BCUT2D eigenvalue weighted by atomic mass is 16.5. The van der Waals surface area contributed by atoms with Crippen molar-refractivity contribution in [1.29, 1.82) is 5.26 Å². The van der Waals surface area contributed by atoms with Gasteiger partial charge in [0.25, 0.3) is 0 Å². The largest absolute Gasteiger partial charge is 0.494 e. The summed E-state index contributed by atoms with van der Waals surface area (Å²) in [4.78, 5) is 0. The Balaban J connectivity index is 2.76. The van der Waals surface area contributed by atoms with Gasteiger partial charge in [0, 0.05) is 0 Å².